The zero-order chi connectivity index (χ0) is 22.7. The highest BCUT2D eigenvalue weighted by Crippen LogP contribution is 2.13. The van der Waals surface area contributed by atoms with Crippen LogP contribution < -0.4 is 15.8 Å². The fourth-order valence-electron chi connectivity index (χ4n) is 1.93. The van der Waals surface area contributed by atoms with Crippen molar-refractivity contribution >= 4 is 18.2 Å². The predicted molar refractivity (Wildman–Crippen MR) is 102 cm³/mol. The first-order valence-electron chi connectivity index (χ1n) is 8.60. The Morgan fingerprint density at radius 1 is 1.13 bits per heavy atom. The number of carbonyl (C=O) groups excluding carboxylic acids is 2. The standard InChI is InChI=1S/C18H20N2O3.C2HF3O2/c1-13-2-4-14(5-3-13)10-20-18(22)17(19)12-23-16-8-6-15(11-21)7-9-16;3-2(4,5)1(6)7/h2-9,11,17H,10,12,19H2,1H3,(H,20,22);(H,6,7)/t17-;/m0./s1. The van der Waals surface area contributed by atoms with Crippen LogP contribution in [-0.4, -0.2) is 42.1 Å². The lowest BCUT2D eigenvalue weighted by atomic mass is 10.1. The number of aldehydes is 1. The topological polar surface area (TPSA) is 119 Å². The Morgan fingerprint density at radius 3 is 2.13 bits per heavy atom. The van der Waals surface area contributed by atoms with Crippen molar-refractivity contribution in [3.05, 3.63) is 65.2 Å². The predicted octanol–water partition coefficient (Wildman–Crippen LogP) is 2.46. The molecule has 1 amide bonds. The molecule has 1 atom stereocenters. The lowest BCUT2D eigenvalue weighted by Crippen LogP contribution is -2.44. The molecule has 0 bridgehead atoms. The van der Waals surface area contributed by atoms with E-state index >= 15 is 0 Å². The van der Waals surface area contributed by atoms with Crippen LogP contribution in [0.15, 0.2) is 48.5 Å². The van der Waals surface area contributed by atoms with Gasteiger partial charge in [-0.05, 0) is 36.8 Å². The summed E-state index contributed by atoms with van der Waals surface area (Å²) in [5.41, 5.74) is 8.57. The number of carboxylic acids is 1. The Kier molecular flexibility index (Phi) is 9.50. The number of rotatable bonds is 7. The number of ether oxygens (including phenoxy) is 1. The van der Waals surface area contributed by atoms with Crippen molar-refractivity contribution in [1.29, 1.82) is 0 Å². The molecular weight excluding hydrogens is 405 g/mol. The number of halogens is 3. The Hall–Kier alpha value is -3.40. The summed E-state index contributed by atoms with van der Waals surface area (Å²) in [6, 6.07) is 13.8. The number of benzene rings is 2. The molecule has 2 aromatic rings. The molecule has 10 heteroatoms. The number of carboxylic acid groups (broad SMARTS) is 1. The van der Waals surface area contributed by atoms with Crippen LogP contribution in [0, 0.1) is 6.92 Å². The molecule has 0 heterocycles. The van der Waals surface area contributed by atoms with E-state index in [1.54, 1.807) is 24.3 Å². The molecule has 0 radical (unpaired) electrons. The zero-order valence-electron chi connectivity index (χ0n) is 16.0. The van der Waals surface area contributed by atoms with Gasteiger partial charge in [-0.3, -0.25) is 9.59 Å². The van der Waals surface area contributed by atoms with Gasteiger partial charge in [-0.2, -0.15) is 13.2 Å². The maximum Gasteiger partial charge on any atom is 0.490 e. The molecule has 162 valence electrons. The van der Waals surface area contributed by atoms with Crippen molar-refractivity contribution < 1.29 is 37.4 Å². The van der Waals surface area contributed by atoms with E-state index in [4.69, 9.17) is 20.4 Å². The highest BCUT2D eigenvalue weighted by molar-refractivity contribution is 5.81. The Bertz CT molecular complexity index is 837. The third-order valence-electron chi connectivity index (χ3n) is 3.61. The summed E-state index contributed by atoms with van der Waals surface area (Å²) in [6.07, 6.45) is -4.33. The van der Waals surface area contributed by atoms with Crippen LogP contribution in [0.5, 0.6) is 5.75 Å². The second-order valence-corrected chi connectivity index (χ2v) is 6.11. The van der Waals surface area contributed by atoms with Crippen LogP contribution >= 0.6 is 0 Å². The van der Waals surface area contributed by atoms with Gasteiger partial charge >= 0.3 is 12.1 Å². The summed E-state index contributed by atoms with van der Waals surface area (Å²) in [5, 5.41) is 9.91. The van der Waals surface area contributed by atoms with E-state index in [9.17, 15) is 22.8 Å². The minimum atomic E-state index is -5.08. The second kappa shape index (κ2) is 11.6. The van der Waals surface area contributed by atoms with Gasteiger partial charge in [-0.1, -0.05) is 29.8 Å². The molecule has 4 N–H and O–H groups in total. The van der Waals surface area contributed by atoms with Crippen molar-refractivity contribution in [1.82, 2.24) is 5.32 Å². The minimum Gasteiger partial charge on any atom is -0.491 e. The van der Waals surface area contributed by atoms with Gasteiger partial charge in [0, 0.05) is 12.1 Å². The summed E-state index contributed by atoms with van der Waals surface area (Å²) in [6.45, 7) is 2.51. The van der Waals surface area contributed by atoms with E-state index in [0.717, 1.165) is 11.8 Å². The van der Waals surface area contributed by atoms with Crippen LogP contribution in [0.1, 0.15) is 21.5 Å². The fourth-order valence-corrected chi connectivity index (χ4v) is 1.93. The maximum atomic E-state index is 11.9. The summed E-state index contributed by atoms with van der Waals surface area (Å²) in [4.78, 5) is 31.4. The second-order valence-electron chi connectivity index (χ2n) is 6.11. The molecule has 0 unspecified atom stereocenters. The first-order valence-corrected chi connectivity index (χ1v) is 8.60. The van der Waals surface area contributed by atoms with Crippen molar-refractivity contribution in [2.45, 2.75) is 25.7 Å². The van der Waals surface area contributed by atoms with Gasteiger partial charge in [-0.25, -0.2) is 4.79 Å². The van der Waals surface area contributed by atoms with Crippen LogP contribution in [0.3, 0.4) is 0 Å². The number of hydrogen-bond donors (Lipinski definition) is 3. The molecule has 0 aliphatic heterocycles. The van der Waals surface area contributed by atoms with Crippen LogP contribution in [0.4, 0.5) is 13.2 Å². The Labute approximate surface area is 170 Å². The summed E-state index contributed by atoms with van der Waals surface area (Å²) < 4.78 is 37.2. The Morgan fingerprint density at radius 2 is 1.67 bits per heavy atom. The van der Waals surface area contributed by atoms with Crippen LogP contribution in [-0.2, 0) is 16.1 Å². The van der Waals surface area contributed by atoms with Gasteiger partial charge in [0.15, 0.2) is 0 Å². The van der Waals surface area contributed by atoms with Crippen molar-refractivity contribution in [3.63, 3.8) is 0 Å². The number of amides is 1. The molecule has 2 aromatic carbocycles. The van der Waals surface area contributed by atoms with Gasteiger partial charge < -0.3 is 20.9 Å². The molecule has 0 aliphatic rings. The molecule has 0 fully saturated rings. The third-order valence-corrected chi connectivity index (χ3v) is 3.61. The number of hydrogen-bond acceptors (Lipinski definition) is 5. The minimum absolute atomic E-state index is 0.0696. The highest BCUT2D eigenvalue weighted by atomic mass is 19.4. The molecule has 2 rings (SSSR count). The third kappa shape index (κ3) is 9.20. The number of nitrogens with one attached hydrogen (secondary N) is 1. The number of aryl methyl sites for hydroxylation is 1. The van der Waals surface area contributed by atoms with Crippen molar-refractivity contribution in [2.24, 2.45) is 5.73 Å². The van der Waals surface area contributed by atoms with Gasteiger partial charge in [0.2, 0.25) is 5.91 Å². The quantitative estimate of drug-likeness (QED) is 0.586. The first-order chi connectivity index (χ1) is 14.0. The monoisotopic (exact) mass is 426 g/mol. The van der Waals surface area contributed by atoms with Gasteiger partial charge in [0.1, 0.15) is 24.7 Å². The van der Waals surface area contributed by atoms with Gasteiger partial charge in [0.05, 0.1) is 0 Å². The highest BCUT2D eigenvalue weighted by Gasteiger charge is 2.38. The van der Waals surface area contributed by atoms with E-state index < -0.39 is 18.2 Å². The van der Waals surface area contributed by atoms with E-state index in [-0.39, 0.29) is 12.5 Å². The first kappa shape index (κ1) is 24.6. The number of alkyl halides is 3. The normalized spacial score (nSPS) is 11.5. The lowest BCUT2D eigenvalue weighted by Gasteiger charge is -2.13. The largest absolute Gasteiger partial charge is 0.491 e. The van der Waals surface area contributed by atoms with E-state index in [0.29, 0.717) is 17.9 Å². The lowest BCUT2D eigenvalue weighted by molar-refractivity contribution is -0.192. The average Bonchev–Trinajstić information content (AvgIpc) is 2.71. The summed E-state index contributed by atoms with van der Waals surface area (Å²) in [5.74, 6) is -2.46. The van der Waals surface area contributed by atoms with Gasteiger partial charge in [0.25, 0.3) is 0 Å². The fraction of sp³-hybridized carbons (Fsp3) is 0.250. The van der Waals surface area contributed by atoms with Crippen molar-refractivity contribution in [3.8, 4) is 5.75 Å². The van der Waals surface area contributed by atoms with Crippen molar-refractivity contribution in [2.75, 3.05) is 6.61 Å². The summed E-state index contributed by atoms with van der Waals surface area (Å²) in [7, 11) is 0. The number of nitrogens with two attached hydrogens (primary N) is 1. The number of carbonyl (C=O) groups is 3. The van der Waals surface area contributed by atoms with E-state index in [1.165, 1.54) is 5.56 Å². The van der Waals surface area contributed by atoms with Crippen LogP contribution in [0.25, 0.3) is 0 Å². The Balaban J connectivity index is 0.000000553. The van der Waals surface area contributed by atoms with E-state index in [2.05, 4.69) is 5.32 Å². The van der Waals surface area contributed by atoms with Gasteiger partial charge in [-0.15, -0.1) is 0 Å². The van der Waals surface area contributed by atoms with Crippen LogP contribution in [0.2, 0.25) is 0 Å². The molecule has 7 nitrogen and oxygen atoms in total. The smallest absolute Gasteiger partial charge is 0.490 e. The molecule has 0 saturated heterocycles. The van der Waals surface area contributed by atoms with E-state index in [1.807, 2.05) is 31.2 Å². The molecule has 0 aromatic heterocycles. The molecule has 0 aliphatic carbocycles. The maximum absolute atomic E-state index is 11.9. The molecular formula is C20H21F3N2O5. The average molecular weight is 426 g/mol. The molecule has 0 saturated carbocycles. The number of aliphatic carboxylic acids is 1. The summed E-state index contributed by atoms with van der Waals surface area (Å²) >= 11 is 0. The molecule has 0 spiro atoms. The zero-order valence-corrected chi connectivity index (χ0v) is 16.0. The SMILES string of the molecule is Cc1ccc(CNC(=O)[C@@H](N)COc2ccc(C=O)cc2)cc1.O=C(O)C(F)(F)F. The molecule has 30 heavy (non-hydrogen) atoms.